The van der Waals surface area contributed by atoms with Crippen molar-refractivity contribution >= 4 is 17.1 Å². The van der Waals surface area contributed by atoms with Crippen molar-refractivity contribution in [2.45, 2.75) is 0 Å². The number of nitrogens with two attached hydrogens (primary N) is 3. The van der Waals surface area contributed by atoms with Gasteiger partial charge in [-0.25, -0.2) is 0 Å². The molecular formula is C32H24N4. The molecule has 4 aromatic carbocycles. The molecular weight excluding hydrogens is 440 g/mol. The van der Waals surface area contributed by atoms with Crippen molar-refractivity contribution in [1.82, 2.24) is 4.57 Å². The number of nitrogen functional groups attached to an aromatic ring is 3. The van der Waals surface area contributed by atoms with Gasteiger partial charge in [0.15, 0.2) is 0 Å². The van der Waals surface area contributed by atoms with Crippen molar-refractivity contribution in [3.05, 3.63) is 120 Å². The Morgan fingerprint density at radius 3 is 1.47 bits per heavy atom. The average molecular weight is 465 g/mol. The number of rotatable bonds is 3. The molecule has 0 radical (unpaired) electrons. The van der Waals surface area contributed by atoms with E-state index in [0.29, 0.717) is 17.1 Å². The van der Waals surface area contributed by atoms with Gasteiger partial charge in [0, 0.05) is 45.0 Å². The highest BCUT2D eigenvalue weighted by molar-refractivity contribution is 5.76. The number of nitrogens with zero attached hydrogens (tertiary/aromatic N) is 1. The molecule has 0 aliphatic carbocycles. The molecule has 1 aromatic heterocycles. The Morgan fingerprint density at radius 2 is 0.944 bits per heavy atom. The molecule has 0 saturated heterocycles. The minimum atomic E-state index is 0.682. The lowest BCUT2D eigenvalue weighted by molar-refractivity contribution is 1.09. The van der Waals surface area contributed by atoms with Gasteiger partial charge in [0.05, 0.1) is 11.4 Å². The van der Waals surface area contributed by atoms with E-state index in [9.17, 15) is 0 Å². The van der Waals surface area contributed by atoms with Crippen LogP contribution in [0.4, 0.5) is 17.1 Å². The second-order valence-electron chi connectivity index (χ2n) is 8.37. The molecule has 0 unspecified atom stereocenters. The van der Waals surface area contributed by atoms with Gasteiger partial charge in [-0.1, -0.05) is 48.2 Å². The fourth-order valence-corrected chi connectivity index (χ4v) is 4.11. The SMILES string of the molecule is Nc1cccc(C#CC#Cc2cccc(-n3c(-c4cccc(N)c4)ccc3-c3cccc(N)c3)c2)c1. The summed E-state index contributed by atoms with van der Waals surface area (Å²) in [5.74, 6) is 12.1. The Bertz CT molecular complexity index is 1620. The smallest absolute Gasteiger partial charge is 0.0535 e. The van der Waals surface area contributed by atoms with E-state index < -0.39 is 0 Å². The molecule has 4 heteroatoms. The first-order chi connectivity index (χ1) is 17.6. The zero-order valence-corrected chi connectivity index (χ0v) is 19.6. The van der Waals surface area contributed by atoms with Crippen LogP contribution in [0.3, 0.4) is 0 Å². The van der Waals surface area contributed by atoms with Crippen molar-refractivity contribution in [3.8, 4) is 51.9 Å². The summed E-state index contributed by atoms with van der Waals surface area (Å²) in [6, 6.07) is 35.5. The minimum absolute atomic E-state index is 0.682. The number of hydrogen-bond acceptors (Lipinski definition) is 3. The quantitative estimate of drug-likeness (QED) is 0.228. The van der Waals surface area contributed by atoms with Crippen molar-refractivity contribution < 1.29 is 0 Å². The van der Waals surface area contributed by atoms with E-state index in [-0.39, 0.29) is 0 Å². The number of benzene rings is 4. The monoisotopic (exact) mass is 464 g/mol. The molecule has 1 heterocycles. The third kappa shape index (κ3) is 4.94. The van der Waals surface area contributed by atoms with Crippen LogP contribution in [-0.2, 0) is 0 Å². The Balaban J connectivity index is 1.58. The van der Waals surface area contributed by atoms with Gasteiger partial charge in [0.25, 0.3) is 0 Å². The fraction of sp³-hybridized carbons (Fsp3) is 0. The van der Waals surface area contributed by atoms with E-state index in [1.54, 1.807) is 0 Å². The maximum Gasteiger partial charge on any atom is 0.0535 e. The van der Waals surface area contributed by atoms with Gasteiger partial charge in [-0.15, -0.1) is 0 Å². The maximum atomic E-state index is 6.10. The normalized spacial score (nSPS) is 10.1. The molecule has 0 aliphatic heterocycles. The highest BCUT2D eigenvalue weighted by Gasteiger charge is 2.14. The van der Waals surface area contributed by atoms with Gasteiger partial charge in [0.1, 0.15) is 0 Å². The lowest BCUT2D eigenvalue weighted by atomic mass is 10.1. The zero-order valence-electron chi connectivity index (χ0n) is 19.6. The minimum Gasteiger partial charge on any atom is -0.399 e. The molecule has 172 valence electrons. The third-order valence-electron chi connectivity index (χ3n) is 5.71. The second kappa shape index (κ2) is 9.89. The molecule has 36 heavy (non-hydrogen) atoms. The lowest BCUT2D eigenvalue weighted by Crippen LogP contribution is -2.00. The summed E-state index contributed by atoms with van der Waals surface area (Å²) in [7, 11) is 0. The van der Waals surface area contributed by atoms with Gasteiger partial charge < -0.3 is 21.8 Å². The largest absolute Gasteiger partial charge is 0.399 e. The van der Waals surface area contributed by atoms with Crippen LogP contribution in [0.15, 0.2) is 109 Å². The Morgan fingerprint density at radius 1 is 0.472 bits per heavy atom. The van der Waals surface area contributed by atoms with E-state index in [0.717, 1.165) is 39.3 Å². The van der Waals surface area contributed by atoms with Crippen molar-refractivity contribution in [3.63, 3.8) is 0 Å². The summed E-state index contributed by atoms with van der Waals surface area (Å²) in [5.41, 5.74) is 26.9. The summed E-state index contributed by atoms with van der Waals surface area (Å²) >= 11 is 0. The molecule has 0 bridgehead atoms. The molecule has 6 N–H and O–H groups in total. The van der Waals surface area contributed by atoms with Crippen LogP contribution in [0.2, 0.25) is 0 Å². The summed E-state index contributed by atoms with van der Waals surface area (Å²) in [6.45, 7) is 0. The van der Waals surface area contributed by atoms with E-state index in [1.807, 2.05) is 72.8 Å². The van der Waals surface area contributed by atoms with Crippen LogP contribution in [0.25, 0.3) is 28.2 Å². The third-order valence-corrected chi connectivity index (χ3v) is 5.71. The molecule has 5 aromatic rings. The zero-order chi connectivity index (χ0) is 24.9. The van der Waals surface area contributed by atoms with E-state index in [4.69, 9.17) is 17.2 Å². The van der Waals surface area contributed by atoms with Crippen LogP contribution in [0.1, 0.15) is 11.1 Å². The summed E-state index contributed by atoms with van der Waals surface area (Å²) in [5, 5.41) is 0. The highest BCUT2D eigenvalue weighted by Crippen LogP contribution is 2.34. The van der Waals surface area contributed by atoms with Crippen LogP contribution in [0.5, 0.6) is 0 Å². The molecule has 0 atom stereocenters. The van der Waals surface area contributed by atoms with E-state index >= 15 is 0 Å². The number of hydrogen-bond donors (Lipinski definition) is 3. The average Bonchev–Trinajstić information content (AvgIpc) is 3.32. The number of aromatic nitrogens is 1. The van der Waals surface area contributed by atoms with Crippen LogP contribution >= 0.6 is 0 Å². The Kier molecular flexibility index (Phi) is 6.17. The van der Waals surface area contributed by atoms with E-state index in [2.05, 4.69) is 64.6 Å². The predicted octanol–water partition coefficient (Wildman–Crippen LogP) is 5.96. The first-order valence-corrected chi connectivity index (χ1v) is 11.5. The van der Waals surface area contributed by atoms with Crippen molar-refractivity contribution in [1.29, 1.82) is 0 Å². The summed E-state index contributed by atoms with van der Waals surface area (Å²) < 4.78 is 2.20. The Labute approximate surface area is 211 Å². The van der Waals surface area contributed by atoms with Gasteiger partial charge in [0.2, 0.25) is 0 Å². The van der Waals surface area contributed by atoms with Crippen molar-refractivity contribution in [2.24, 2.45) is 0 Å². The standard InChI is InChI=1S/C32H24N4/c33-27-13-3-9-23(19-27)7-1-2-8-24-10-4-16-30(20-24)36-31(25-11-5-14-28(34)21-25)17-18-32(36)26-12-6-15-29(35)22-26/h3-6,9-22H,33-35H2. The number of anilines is 3. The topological polar surface area (TPSA) is 83.0 Å². The molecule has 5 rings (SSSR count). The first-order valence-electron chi connectivity index (χ1n) is 11.5. The summed E-state index contributed by atoms with van der Waals surface area (Å²) in [6.07, 6.45) is 0. The molecule has 4 nitrogen and oxygen atoms in total. The van der Waals surface area contributed by atoms with Gasteiger partial charge in [-0.2, -0.15) is 0 Å². The Hall–Kier alpha value is -5.32. The van der Waals surface area contributed by atoms with Gasteiger partial charge in [-0.05, 0) is 84.6 Å². The van der Waals surface area contributed by atoms with Gasteiger partial charge >= 0.3 is 0 Å². The lowest BCUT2D eigenvalue weighted by Gasteiger charge is -2.15. The second-order valence-corrected chi connectivity index (χ2v) is 8.37. The first kappa shape index (κ1) is 22.5. The molecule has 0 spiro atoms. The molecule has 0 saturated carbocycles. The maximum absolute atomic E-state index is 6.10. The van der Waals surface area contributed by atoms with Gasteiger partial charge in [-0.3, -0.25) is 0 Å². The molecule has 0 aliphatic rings. The molecule has 0 amide bonds. The predicted molar refractivity (Wildman–Crippen MR) is 150 cm³/mol. The molecule has 0 fully saturated rings. The summed E-state index contributed by atoms with van der Waals surface area (Å²) in [4.78, 5) is 0. The van der Waals surface area contributed by atoms with Crippen molar-refractivity contribution in [2.75, 3.05) is 17.2 Å². The highest BCUT2D eigenvalue weighted by atomic mass is 15.0. The van der Waals surface area contributed by atoms with Crippen LogP contribution < -0.4 is 17.2 Å². The fourth-order valence-electron chi connectivity index (χ4n) is 4.11. The van der Waals surface area contributed by atoms with Crippen LogP contribution in [-0.4, -0.2) is 4.57 Å². The van der Waals surface area contributed by atoms with Crippen LogP contribution in [0, 0.1) is 23.7 Å². The van der Waals surface area contributed by atoms with E-state index in [1.165, 1.54) is 0 Å².